The lowest BCUT2D eigenvalue weighted by Crippen LogP contribution is -2.36. The molecule has 1 atom stereocenters. The van der Waals surface area contributed by atoms with Crippen molar-refractivity contribution < 1.29 is 9.59 Å². The standard InChI is InChI=1S/C9H11NO2S/c1-6(7(2)11)10-9(12)8-4-3-5-13-8/h3-6H,1-2H3,(H,10,12). The number of Topliss-reactive ketones (excluding diaryl/α,β-unsaturated/α-hetero) is 1. The van der Waals surface area contributed by atoms with Gasteiger partial charge in [0, 0.05) is 0 Å². The molecule has 0 aliphatic rings. The van der Waals surface area contributed by atoms with Crippen molar-refractivity contribution in [3.63, 3.8) is 0 Å². The van der Waals surface area contributed by atoms with Gasteiger partial charge in [-0.05, 0) is 25.3 Å². The van der Waals surface area contributed by atoms with Gasteiger partial charge in [0.2, 0.25) is 0 Å². The molecule has 0 saturated carbocycles. The van der Waals surface area contributed by atoms with Crippen LogP contribution in [-0.4, -0.2) is 17.7 Å². The lowest BCUT2D eigenvalue weighted by atomic mass is 10.2. The Morgan fingerprint density at radius 2 is 2.23 bits per heavy atom. The molecule has 0 radical (unpaired) electrons. The van der Waals surface area contributed by atoms with Gasteiger partial charge in [0.15, 0.2) is 5.78 Å². The van der Waals surface area contributed by atoms with Crippen LogP contribution in [0, 0.1) is 0 Å². The number of rotatable bonds is 3. The quantitative estimate of drug-likeness (QED) is 0.797. The molecule has 1 rings (SSSR count). The summed E-state index contributed by atoms with van der Waals surface area (Å²) in [4.78, 5) is 22.8. The number of ketones is 1. The molecule has 0 fully saturated rings. The molecule has 0 bridgehead atoms. The van der Waals surface area contributed by atoms with Crippen molar-refractivity contribution in [3.05, 3.63) is 22.4 Å². The van der Waals surface area contributed by atoms with Gasteiger partial charge in [0.25, 0.3) is 5.91 Å². The fourth-order valence-corrected chi connectivity index (χ4v) is 1.40. The van der Waals surface area contributed by atoms with Crippen molar-refractivity contribution in [2.75, 3.05) is 0 Å². The number of carbonyl (C=O) groups is 2. The van der Waals surface area contributed by atoms with Gasteiger partial charge in [-0.2, -0.15) is 0 Å². The fraction of sp³-hybridized carbons (Fsp3) is 0.333. The number of amides is 1. The molecule has 0 aromatic carbocycles. The Bertz CT molecular complexity index is 305. The van der Waals surface area contributed by atoms with Crippen LogP contribution in [0.1, 0.15) is 23.5 Å². The molecular formula is C9H11NO2S. The lowest BCUT2D eigenvalue weighted by molar-refractivity contribution is -0.118. The van der Waals surface area contributed by atoms with Crippen LogP contribution in [0.4, 0.5) is 0 Å². The minimum Gasteiger partial charge on any atom is -0.342 e. The third-order valence-corrected chi connectivity index (χ3v) is 2.57. The molecule has 1 unspecified atom stereocenters. The number of nitrogens with one attached hydrogen (secondary N) is 1. The predicted molar refractivity (Wildman–Crippen MR) is 51.9 cm³/mol. The summed E-state index contributed by atoms with van der Waals surface area (Å²) >= 11 is 1.36. The minimum absolute atomic E-state index is 0.0371. The molecule has 0 aliphatic carbocycles. The summed E-state index contributed by atoms with van der Waals surface area (Å²) in [5.41, 5.74) is 0. The van der Waals surface area contributed by atoms with Crippen molar-refractivity contribution >= 4 is 23.0 Å². The van der Waals surface area contributed by atoms with Gasteiger partial charge in [0.1, 0.15) is 0 Å². The molecule has 0 aliphatic heterocycles. The maximum Gasteiger partial charge on any atom is 0.261 e. The maximum absolute atomic E-state index is 11.4. The summed E-state index contributed by atoms with van der Waals surface area (Å²) in [6, 6.07) is 3.12. The van der Waals surface area contributed by atoms with E-state index in [1.807, 2.05) is 5.38 Å². The van der Waals surface area contributed by atoms with Gasteiger partial charge >= 0.3 is 0 Å². The molecule has 1 heterocycles. The summed E-state index contributed by atoms with van der Waals surface area (Å²) < 4.78 is 0. The van der Waals surface area contributed by atoms with Crippen molar-refractivity contribution in [3.8, 4) is 0 Å². The number of hydrogen-bond donors (Lipinski definition) is 1. The molecule has 0 spiro atoms. The van der Waals surface area contributed by atoms with E-state index in [1.165, 1.54) is 18.3 Å². The highest BCUT2D eigenvalue weighted by Crippen LogP contribution is 2.07. The van der Waals surface area contributed by atoms with E-state index in [2.05, 4.69) is 5.32 Å². The van der Waals surface area contributed by atoms with E-state index in [0.29, 0.717) is 4.88 Å². The number of hydrogen-bond acceptors (Lipinski definition) is 3. The second-order valence-corrected chi connectivity index (χ2v) is 3.73. The molecule has 4 heteroatoms. The van der Waals surface area contributed by atoms with Crippen molar-refractivity contribution in [1.82, 2.24) is 5.32 Å². The number of thiophene rings is 1. The van der Waals surface area contributed by atoms with Crippen LogP contribution in [-0.2, 0) is 4.79 Å². The number of carbonyl (C=O) groups excluding carboxylic acids is 2. The second kappa shape index (κ2) is 4.18. The third kappa shape index (κ3) is 2.66. The Morgan fingerprint density at radius 3 is 2.69 bits per heavy atom. The minimum atomic E-state index is -0.408. The first-order valence-electron chi connectivity index (χ1n) is 3.96. The Hall–Kier alpha value is -1.16. The molecule has 3 nitrogen and oxygen atoms in total. The highest BCUT2D eigenvalue weighted by Gasteiger charge is 2.12. The fourth-order valence-electron chi connectivity index (χ4n) is 0.777. The zero-order valence-electron chi connectivity index (χ0n) is 7.53. The van der Waals surface area contributed by atoms with Crippen molar-refractivity contribution in [2.45, 2.75) is 19.9 Å². The Balaban J connectivity index is 2.56. The highest BCUT2D eigenvalue weighted by molar-refractivity contribution is 7.12. The average molecular weight is 197 g/mol. The van der Waals surface area contributed by atoms with E-state index in [1.54, 1.807) is 19.1 Å². The van der Waals surface area contributed by atoms with Gasteiger partial charge in [0.05, 0.1) is 10.9 Å². The van der Waals surface area contributed by atoms with E-state index in [9.17, 15) is 9.59 Å². The van der Waals surface area contributed by atoms with Crippen LogP contribution < -0.4 is 5.32 Å². The van der Waals surface area contributed by atoms with E-state index < -0.39 is 6.04 Å². The molecule has 70 valence electrons. The normalized spacial score (nSPS) is 12.2. The van der Waals surface area contributed by atoms with Gasteiger partial charge in [-0.15, -0.1) is 11.3 Å². The van der Waals surface area contributed by atoms with Crippen LogP contribution in [0.25, 0.3) is 0 Å². The van der Waals surface area contributed by atoms with Gasteiger partial charge in [-0.3, -0.25) is 9.59 Å². The van der Waals surface area contributed by atoms with E-state index in [4.69, 9.17) is 0 Å². The van der Waals surface area contributed by atoms with Crippen LogP contribution >= 0.6 is 11.3 Å². The largest absolute Gasteiger partial charge is 0.342 e. The van der Waals surface area contributed by atoms with Gasteiger partial charge < -0.3 is 5.32 Å². The molecule has 1 aromatic rings. The van der Waals surface area contributed by atoms with Crippen molar-refractivity contribution in [2.24, 2.45) is 0 Å². The summed E-state index contributed by atoms with van der Waals surface area (Å²) in [6.45, 7) is 3.13. The summed E-state index contributed by atoms with van der Waals surface area (Å²) in [5, 5.41) is 4.43. The first-order chi connectivity index (χ1) is 6.11. The van der Waals surface area contributed by atoms with E-state index in [-0.39, 0.29) is 11.7 Å². The van der Waals surface area contributed by atoms with Crippen LogP contribution in [0.5, 0.6) is 0 Å². The third-order valence-electron chi connectivity index (χ3n) is 1.70. The zero-order valence-corrected chi connectivity index (χ0v) is 8.35. The predicted octanol–water partition coefficient (Wildman–Crippen LogP) is 1.46. The zero-order chi connectivity index (χ0) is 9.84. The summed E-state index contributed by atoms with van der Waals surface area (Å²) in [6.07, 6.45) is 0. The SMILES string of the molecule is CC(=O)C(C)NC(=O)c1cccs1. The smallest absolute Gasteiger partial charge is 0.261 e. The Morgan fingerprint density at radius 1 is 1.54 bits per heavy atom. The molecule has 1 aromatic heterocycles. The van der Waals surface area contributed by atoms with Crippen LogP contribution in [0.15, 0.2) is 17.5 Å². The van der Waals surface area contributed by atoms with Crippen LogP contribution in [0.3, 0.4) is 0 Å². The summed E-state index contributed by atoms with van der Waals surface area (Å²) in [5.74, 6) is -0.220. The monoisotopic (exact) mass is 197 g/mol. The molecule has 1 N–H and O–H groups in total. The van der Waals surface area contributed by atoms with E-state index >= 15 is 0 Å². The second-order valence-electron chi connectivity index (χ2n) is 2.78. The summed E-state index contributed by atoms with van der Waals surface area (Å²) in [7, 11) is 0. The highest BCUT2D eigenvalue weighted by atomic mass is 32.1. The van der Waals surface area contributed by atoms with E-state index in [0.717, 1.165) is 0 Å². The van der Waals surface area contributed by atoms with Crippen LogP contribution in [0.2, 0.25) is 0 Å². The molecular weight excluding hydrogens is 186 g/mol. The lowest BCUT2D eigenvalue weighted by Gasteiger charge is -2.08. The van der Waals surface area contributed by atoms with Crippen molar-refractivity contribution in [1.29, 1.82) is 0 Å². The first-order valence-corrected chi connectivity index (χ1v) is 4.84. The van der Waals surface area contributed by atoms with Gasteiger partial charge in [-0.25, -0.2) is 0 Å². The van der Waals surface area contributed by atoms with Gasteiger partial charge in [-0.1, -0.05) is 6.07 Å². The maximum atomic E-state index is 11.4. The molecule has 13 heavy (non-hydrogen) atoms. The first kappa shape index (κ1) is 9.92. The molecule has 0 saturated heterocycles. The Labute approximate surface area is 80.8 Å². The molecule has 1 amide bonds. The Kier molecular flexibility index (Phi) is 3.19. The average Bonchev–Trinajstić information content (AvgIpc) is 2.55. The topological polar surface area (TPSA) is 46.2 Å².